The van der Waals surface area contributed by atoms with E-state index in [0.29, 0.717) is 0 Å². The van der Waals surface area contributed by atoms with E-state index in [1.54, 1.807) is 0 Å². The van der Waals surface area contributed by atoms with Crippen molar-refractivity contribution in [2.45, 2.75) is 25.7 Å². The summed E-state index contributed by atoms with van der Waals surface area (Å²) in [6, 6.07) is 12.7. The molecular formula is C18H17BN2. The summed E-state index contributed by atoms with van der Waals surface area (Å²) in [5.41, 5.74) is 3.62. The Morgan fingerprint density at radius 1 is 0.952 bits per heavy atom. The highest BCUT2D eigenvalue weighted by Crippen LogP contribution is 2.33. The van der Waals surface area contributed by atoms with E-state index in [9.17, 15) is 0 Å². The molecule has 1 aliphatic heterocycles. The van der Waals surface area contributed by atoms with Gasteiger partial charge in [-0.25, -0.2) is 0 Å². The normalized spacial score (nSPS) is 16.4. The Kier molecular flexibility index (Phi) is 3.08. The van der Waals surface area contributed by atoms with Gasteiger partial charge in [0.15, 0.2) is 0 Å². The van der Waals surface area contributed by atoms with Crippen LogP contribution in [-0.2, 0) is 0 Å². The van der Waals surface area contributed by atoms with Crippen LogP contribution in [-0.4, -0.2) is 6.98 Å². The fourth-order valence-electron chi connectivity index (χ4n) is 3.12. The van der Waals surface area contributed by atoms with Crippen LogP contribution in [0.2, 0.25) is 0 Å². The van der Waals surface area contributed by atoms with E-state index in [2.05, 4.69) is 64.7 Å². The molecule has 0 saturated carbocycles. The minimum absolute atomic E-state index is 0.0201. The van der Waals surface area contributed by atoms with E-state index in [4.69, 9.17) is 0 Å². The summed E-state index contributed by atoms with van der Waals surface area (Å²) < 4.78 is 0. The maximum Gasteiger partial charge on any atom is 0.460 e. The van der Waals surface area contributed by atoms with Gasteiger partial charge in [-0.05, 0) is 48.8 Å². The Balaban J connectivity index is 1.65. The lowest BCUT2D eigenvalue weighted by Gasteiger charge is -2.23. The quantitative estimate of drug-likeness (QED) is 0.554. The van der Waals surface area contributed by atoms with Crippen LogP contribution in [0.15, 0.2) is 48.0 Å². The number of hydrogen-bond acceptors (Lipinski definition) is 2. The smallest absolute Gasteiger partial charge is 0.398 e. The van der Waals surface area contributed by atoms with Crippen molar-refractivity contribution < 1.29 is 0 Å². The fourth-order valence-corrected chi connectivity index (χ4v) is 3.12. The van der Waals surface area contributed by atoms with Crippen molar-refractivity contribution in [3.8, 4) is 11.7 Å². The molecule has 2 aromatic carbocycles. The number of nitrogens with one attached hydrogen (secondary N) is 2. The molecule has 1 aliphatic carbocycles. The van der Waals surface area contributed by atoms with Crippen molar-refractivity contribution in [3.63, 3.8) is 0 Å². The van der Waals surface area contributed by atoms with Crippen LogP contribution >= 0.6 is 0 Å². The van der Waals surface area contributed by atoms with E-state index < -0.39 is 0 Å². The monoisotopic (exact) mass is 272 g/mol. The average molecular weight is 272 g/mol. The van der Waals surface area contributed by atoms with E-state index in [1.807, 2.05) is 0 Å². The second-order valence-corrected chi connectivity index (χ2v) is 5.68. The molecule has 2 nitrogen and oxygen atoms in total. The molecule has 0 fully saturated rings. The van der Waals surface area contributed by atoms with Gasteiger partial charge in [0.25, 0.3) is 0 Å². The molecular weight excluding hydrogens is 255 g/mol. The van der Waals surface area contributed by atoms with Gasteiger partial charge >= 0.3 is 6.98 Å². The second-order valence-electron chi connectivity index (χ2n) is 5.68. The summed E-state index contributed by atoms with van der Waals surface area (Å²) >= 11 is 0. The van der Waals surface area contributed by atoms with Gasteiger partial charge < -0.3 is 10.5 Å². The third kappa shape index (κ3) is 2.38. The third-order valence-corrected chi connectivity index (χ3v) is 4.17. The van der Waals surface area contributed by atoms with Gasteiger partial charge in [0, 0.05) is 16.8 Å². The molecule has 2 aromatic rings. The molecule has 0 amide bonds. The highest BCUT2D eigenvalue weighted by Gasteiger charge is 2.21. The van der Waals surface area contributed by atoms with Crippen LogP contribution in [0.3, 0.4) is 0 Å². The predicted molar refractivity (Wildman–Crippen MR) is 91.3 cm³/mol. The van der Waals surface area contributed by atoms with Crippen molar-refractivity contribution in [2.75, 3.05) is 10.5 Å². The molecule has 0 bridgehead atoms. The van der Waals surface area contributed by atoms with Gasteiger partial charge in [0.2, 0.25) is 0 Å². The average Bonchev–Trinajstić information content (AvgIpc) is 2.54. The summed E-state index contributed by atoms with van der Waals surface area (Å²) in [7, 11) is 0. The standard InChI is InChI=1S/C18H17BN2/c1-2-6-14(7-3-1)12-13-19-20-16-10-4-8-15-9-5-11-17(21-19)18(15)16/h4-6,8-11,20-21H,1-3,7H2. The zero-order valence-corrected chi connectivity index (χ0v) is 11.9. The van der Waals surface area contributed by atoms with Crippen LogP contribution in [0, 0.1) is 11.7 Å². The number of hydrogen-bond donors (Lipinski definition) is 2. The third-order valence-electron chi connectivity index (χ3n) is 4.17. The Bertz CT molecular complexity index is 742. The first-order valence-corrected chi connectivity index (χ1v) is 7.65. The lowest BCUT2D eigenvalue weighted by Crippen LogP contribution is -2.36. The number of rotatable bonds is 0. The molecule has 0 atom stereocenters. The first kappa shape index (κ1) is 12.4. The molecule has 0 aromatic heterocycles. The Labute approximate surface area is 125 Å². The zero-order chi connectivity index (χ0) is 14.1. The van der Waals surface area contributed by atoms with Crippen molar-refractivity contribution in [2.24, 2.45) is 0 Å². The lowest BCUT2D eigenvalue weighted by molar-refractivity contribution is 0.715. The Morgan fingerprint density at radius 3 is 2.38 bits per heavy atom. The van der Waals surface area contributed by atoms with Crippen molar-refractivity contribution in [1.82, 2.24) is 0 Å². The number of benzene rings is 2. The summed E-state index contributed by atoms with van der Waals surface area (Å²) in [6.45, 7) is -0.0201. The van der Waals surface area contributed by atoms with E-state index in [-0.39, 0.29) is 6.98 Å². The molecule has 0 saturated heterocycles. The van der Waals surface area contributed by atoms with Gasteiger partial charge in [-0.1, -0.05) is 42.1 Å². The van der Waals surface area contributed by atoms with Crippen LogP contribution < -0.4 is 10.5 Å². The van der Waals surface area contributed by atoms with Crippen LogP contribution in [0.25, 0.3) is 10.8 Å². The van der Waals surface area contributed by atoms with Crippen molar-refractivity contribution in [1.29, 1.82) is 0 Å². The van der Waals surface area contributed by atoms with E-state index in [1.165, 1.54) is 47.0 Å². The molecule has 21 heavy (non-hydrogen) atoms. The minimum Gasteiger partial charge on any atom is -0.398 e. The SMILES string of the molecule is C(#CC1=CCCCC1)B1Nc2cccc3cccc(c23)N1. The number of allylic oxidation sites excluding steroid dienone is 2. The molecule has 0 spiro atoms. The molecule has 2 N–H and O–H groups in total. The van der Waals surface area contributed by atoms with Gasteiger partial charge in [-0.3, -0.25) is 0 Å². The minimum atomic E-state index is -0.0201. The van der Waals surface area contributed by atoms with Crippen molar-refractivity contribution >= 4 is 29.1 Å². The molecule has 102 valence electrons. The van der Waals surface area contributed by atoms with Crippen LogP contribution in [0.1, 0.15) is 25.7 Å². The fraction of sp³-hybridized carbons (Fsp3) is 0.222. The highest BCUT2D eigenvalue weighted by atomic mass is 15.0. The van der Waals surface area contributed by atoms with Gasteiger partial charge in [0.05, 0.1) is 0 Å². The van der Waals surface area contributed by atoms with E-state index >= 15 is 0 Å². The number of anilines is 2. The second kappa shape index (κ2) is 5.22. The first-order valence-electron chi connectivity index (χ1n) is 7.65. The zero-order valence-electron chi connectivity index (χ0n) is 11.9. The summed E-state index contributed by atoms with van der Waals surface area (Å²) in [4.78, 5) is 0. The maximum atomic E-state index is 3.49. The molecule has 1 heterocycles. The van der Waals surface area contributed by atoms with Crippen LogP contribution in [0.4, 0.5) is 11.4 Å². The van der Waals surface area contributed by atoms with E-state index in [0.717, 1.165) is 6.42 Å². The lowest BCUT2D eigenvalue weighted by atomic mass is 9.74. The highest BCUT2D eigenvalue weighted by molar-refractivity contribution is 6.75. The molecule has 4 rings (SSSR count). The molecule has 3 heteroatoms. The predicted octanol–water partition coefficient (Wildman–Crippen LogP) is 4.21. The maximum absolute atomic E-state index is 3.49. The molecule has 0 unspecified atom stereocenters. The van der Waals surface area contributed by atoms with Gasteiger partial charge in [-0.2, -0.15) is 0 Å². The summed E-state index contributed by atoms with van der Waals surface area (Å²) in [5, 5.41) is 9.49. The first-order chi connectivity index (χ1) is 10.4. The molecule has 0 radical (unpaired) electrons. The largest absolute Gasteiger partial charge is 0.460 e. The molecule has 2 aliphatic rings. The van der Waals surface area contributed by atoms with Gasteiger partial charge in [-0.15, -0.1) is 0 Å². The Morgan fingerprint density at radius 2 is 1.71 bits per heavy atom. The van der Waals surface area contributed by atoms with Crippen LogP contribution in [0.5, 0.6) is 0 Å². The topological polar surface area (TPSA) is 24.1 Å². The summed E-state index contributed by atoms with van der Waals surface area (Å²) in [6.07, 6.45) is 7.17. The summed E-state index contributed by atoms with van der Waals surface area (Å²) in [5.74, 6) is 6.67. The van der Waals surface area contributed by atoms with Crippen molar-refractivity contribution in [3.05, 3.63) is 48.0 Å². The Hall–Kier alpha value is -2.34. The van der Waals surface area contributed by atoms with Gasteiger partial charge in [0.1, 0.15) is 0 Å².